The molecule has 0 unspecified atom stereocenters. The fourth-order valence-electron chi connectivity index (χ4n) is 4.54. The topological polar surface area (TPSA) is 90.4 Å². The molecule has 0 bridgehead atoms. The molecule has 4 aromatic rings. The fourth-order valence-corrected chi connectivity index (χ4v) is 4.74. The molecule has 1 saturated carbocycles. The van der Waals surface area contributed by atoms with Crippen LogP contribution in [0.3, 0.4) is 0 Å². The predicted octanol–water partition coefficient (Wildman–Crippen LogP) is 2.96. The monoisotopic (exact) mass is 465 g/mol. The van der Waals surface area contributed by atoms with E-state index >= 15 is 0 Å². The van der Waals surface area contributed by atoms with Gasteiger partial charge in [0.05, 0.1) is 17.4 Å². The summed E-state index contributed by atoms with van der Waals surface area (Å²) in [5.41, 5.74) is 0.588. The number of halogens is 1. The molecule has 1 aliphatic carbocycles. The van der Waals surface area contributed by atoms with Crippen LogP contribution in [-0.4, -0.2) is 30.7 Å². The molecular formula is C24H24ClN5O3. The van der Waals surface area contributed by atoms with Gasteiger partial charge < -0.3 is 5.32 Å². The summed E-state index contributed by atoms with van der Waals surface area (Å²) in [6, 6.07) is 14.4. The normalized spacial score (nSPS) is 14.3. The molecule has 8 nitrogen and oxygen atoms in total. The van der Waals surface area contributed by atoms with E-state index < -0.39 is 0 Å². The number of hydrogen-bond acceptors (Lipinski definition) is 4. The Labute approximate surface area is 194 Å². The zero-order valence-corrected chi connectivity index (χ0v) is 18.8. The number of carbonyl (C=O) groups excluding carboxylic acids is 1. The second-order valence-electron chi connectivity index (χ2n) is 8.44. The van der Waals surface area contributed by atoms with Gasteiger partial charge in [0.15, 0.2) is 0 Å². The molecule has 0 atom stereocenters. The van der Waals surface area contributed by atoms with Crippen molar-refractivity contribution in [2.24, 2.45) is 0 Å². The number of carbonyl (C=O) groups is 1. The summed E-state index contributed by atoms with van der Waals surface area (Å²) in [6.07, 6.45) is 4.38. The Morgan fingerprint density at radius 2 is 1.79 bits per heavy atom. The third-order valence-corrected chi connectivity index (χ3v) is 6.61. The lowest BCUT2D eigenvalue weighted by Crippen LogP contribution is -2.34. The highest BCUT2D eigenvalue weighted by Gasteiger charge is 2.20. The Morgan fingerprint density at radius 1 is 1.06 bits per heavy atom. The van der Waals surface area contributed by atoms with Gasteiger partial charge in [0.25, 0.3) is 5.56 Å². The molecule has 1 amide bonds. The second-order valence-corrected chi connectivity index (χ2v) is 8.85. The molecule has 0 aliphatic heterocycles. The van der Waals surface area contributed by atoms with Crippen molar-refractivity contribution in [1.29, 1.82) is 0 Å². The van der Waals surface area contributed by atoms with Crippen molar-refractivity contribution >= 4 is 34.2 Å². The second kappa shape index (κ2) is 8.86. The first-order chi connectivity index (χ1) is 16.0. The number of nitrogens with one attached hydrogen (secondary N) is 1. The van der Waals surface area contributed by atoms with E-state index in [0.717, 1.165) is 31.2 Å². The number of amides is 1. The minimum atomic E-state index is -0.370. The Bertz CT molecular complexity index is 1460. The van der Waals surface area contributed by atoms with Crippen LogP contribution >= 0.6 is 11.6 Å². The van der Waals surface area contributed by atoms with Crippen LogP contribution in [0.15, 0.2) is 58.1 Å². The van der Waals surface area contributed by atoms with Crippen molar-refractivity contribution in [3.05, 3.63) is 80.0 Å². The summed E-state index contributed by atoms with van der Waals surface area (Å²) in [4.78, 5) is 39.1. The molecule has 9 heteroatoms. The number of fused-ring (bicyclic) bond motifs is 3. The maximum atomic E-state index is 13.3. The Morgan fingerprint density at radius 3 is 2.58 bits per heavy atom. The van der Waals surface area contributed by atoms with Crippen molar-refractivity contribution < 1.29 is 4.79 Å². The maximum absolute atomic E-state index is 13.3. The number of para-hydroxylation sites is 1. The summed E-state index contributed by atoms with van der Waals surface area (Å²) in [5.74, 6) is 0.113. The third-order valence-electron chi connectivity index (χ3n) is 6.24. The van der Waals surface area contributed by atoms with Gasteiger partial charge in [-0.2, -0.15) is 0 Å². The molecule has 1 fully saturated rings. The molecule has 0 saturated heterocycles. The van der Waals surface area contributed by atoms with E-state index in [2.05, 4.69) is 10.4 Å². The first-order valence-corrected chi connectivity index (χ1v) is 11.5. The molecule has 5 rings (SSSR count). The van der Waals surface area contributed by atoms with Crippen molar-refractivity contribution in [3.8, 4) is 0 Å². The Kier molecular flexibility index (Phi) is 5.76. The SMILES string of the molecule is O=C(CCn1c(=O)c2ccccc2n2c(=O)n(Cc3ccccc3Cl)nc12)NC1CCCC1. The number of aryl methyl sites for hydroxylation is 1. The van der Waals surface area contributed by atoms with Gasteiger partial charge in [-0.3, -0.25) is 14.2 Å². The highest BCUT2D eigenvalue weighted by atomic mass is 35.5. The fraction of sp³-hybridized carbons (Fsp3) is 0.333. The van der Waals surface area contributed by atoms with E-state index in [1.807, 2.05) is 18.2 Å². The summed E-state index contributed by atoms with van der Waals surface area (Å²) >= 11 is 6.28. The number of benzene rings is 2. The molecule has 1 aliphatic rings. The van der Waals surface area contributed by atoms with Crippen LogP contribution in [0.4, 0.5) is 0 Å². The zero-order chi connectivity index (χ0) is 22.9. The van der Waals surface area contributed by atoms with Crippen LogP contribution < -0.4 is 16.6 Å². The van der Waals surface area contributed by atoms with Gasteiger partial charge in [-0.1, -0.05) is 54.8 Å². The van der Waals surface area contributed by atoms with Gasteiger partial charge in [0.1, 0.15) is 0 Å². The first-order valence-electron chi connectivity index (χ1n) is 11.2. The average molecular weight is 466 g/mol. The van der Waals surface area contributed by atoms with E-state index in [9.17, 15) is 14.4 Å². The van der Waals surface area contributed by atoms with Crippen molar-refractivity contribution in [2.45, 2.75) is 51.2 Å². The summed E-state index contributed by atoms with van der Waals surface area (Å²) in [7, 11) is 0. The molecule has 2 heterocycles. The minimum Gasteiger partial charge on any atom is -0.353 e. The van der Waals surface area contributed by atoms with E-state index in [-0.39, 0.29) is 48.5 Å². The van der Waals surface area contributed by atoms with E-state index in [1.54, 1.807) is 30.3 Å². The van der Waals surface area contributed by atoms with Crippen molar-refractivity contribution in [1.82, 2.24) is 24.1 Å². The van der Waals surface area contributed by atoms with Gasteiger partial charge in [-0.15, -0.1) is 5.10 Å². The molecular weight excluding hydrogens is 442 g/mol. The highest BCUT2D eigenvalue weighted by molar-refractivity contribution is 6.31. The number of hydrogen-bond donors (Lipinski definition) is 1. The lowest BCUT2D eigenvalue weighted by atomic mass is 10.2. The molecule has 2 aromatic heterocycles. The summed E-state index contributed by atoms with van der Waals surface area (Å²) in [6.45, 7) is 0.305. The molecule has 0 spiro atoms. The van der Waals surface area contributed by atoms with Gasteiger partial charge >= 0.3 is 5.69 Å². The van der Waals surface area contributed by atoms with E-state index in [4.69, 9.17) is 11.6 Å². The minimum absolute atomic E-state index is 0.0991. The van der Waals surface area contributed by atoms with Crippen LogP contribution in [0, 0.1) is 0 Å². The number of aromatic nitrogens is 4. The largest absolute Gasteiger partial charge is 0.353 e. The van der Waals surface area contributed by atoms with Crippen molar-refractivity contribution in [3.63, 3.8) is 0 Å². The van der Waals surface area contributed by atoms with Gasteiger partial charge in [0.2, 0.25) is 11.7 Å². The predicted molar refractivity (Wildman–Crippen MR) is 127 cm³/mol. The van der Waals surface area contributed by atoms with Crippen LogP contribution in [-0.2, 0) is 17.9 Å². The van der Waals surface area contributed by atoms with E-state index in [1.165, 1.54) is 13.6 Å². The summed E-state index contributed by atoms with van der Waals surface area (Å²) in [5, 5.41) is 8.46. The Balaban J connectivity index is 1.56. The zero-order valence-electron chi connectivity index (χ0n) is 18.0. The van der Waals surface area contributed by atoms with E-state index in [0.29, 0.717) is 15.9 Å². The lowest BCUT2D eigenvalue weighted by Gasteiger charge is -2.13. The molecule has 1 N–H and O–H groups in total. The first kappa shape index (κ1) is 21.5. The molecule has 33 heavy (non-hydrogen) atoms. The number of nitrogens with zero attached hydrogens (tertiary/aromatic N) is 4. The van der Waals surface area contributed by atoms with Crippen LogP contribution in [0.5, 0.6) is 0 Å². The smallest absolute Gasteiger partial charge is 0.352 e. The molecule has 170 valence electrons. The number of rotatable bonds is 6. The Hall–Kier alpha value is -3.39. The summed E-state index contributed by atoms with van der Waals surface area (Å²) < 4.78 is 4.15. The lowest BCUT2D eigenvalue weighted by molar-refractivity contribution is -0.121. The van der Waals surface area contributed by atoms with Crippen molar-refractivity contribution in [2.75, 3.05) is 0 Å². The quantitative estimate of drug-likeness (QED) is 0.474. The highest BCUT2D eigenvalue weighted by Crippen LogP contribution is 2.18. The van der Waals surface area contributed by atoms with Gasteiger partial charge in [0, 0.05) is 24.0 Å². The molecule has 0 radical (unpaired) electrons. The maximum Gasteiger partial charge on any atom is 0.352 e. The van der Waals surface area contributed by atoms with Gasteiger partial charge in [-0.05, 0) is 36.6 Å². The van der Waals surface area contributed by atoms with Crippen LogP contribution in [0.25, 0.3) is 16.7 Å². The van der Waals surface area contributed by atoms with Crippen LogP contribution in [0.1, 0.15) is 37.7 Å². The average Bonchev–Trinajstić information content (AvgIpc) is 3.43. The van der Waals surface area contributed by atoms with Crippen LogP contribution in [0.2, 0.25) is 5.02 Å². The van der Waals surface area contributed by atoms with Gasteiger partial charge in [-0.25, -0.2) is 13.9 Å². The standard InChI is InChI=1S/C24H24ClN5O3/c25-19-11-5-1-7-16(19)15-29-24(33)30-20-12-6-4-10-18(20)22(32)28(23(30)27-29)14-13-21(31)26-17-8-2-3-9-17/h1,4-7,10-12,17H,2-3,8-9,13-15H2,(H,26,31). The third kappa shape index (κ3) is 4.06. The molecule has 2 aromatic carbocycles.